The minimum absolute atomic E-state index is 0.0294. The third kappa shape index (κ3) is 4.64. The molecular formula is C29H29NO5. The second kappa shape index (κ2) is 10.1. The summed E-state index contributed by atoms with van der Waals surface area (Å²) in [7, 11) is 1.55. The number of amides is 1. The van der Waals surface area contributed by atoms with Crippen molar-refractivity contribution in [1.82, 2.24) is 0 Å². The zero-order chi connectivity index (χ0) is 25.1. The maximum absolute atomic E-state index is 13.3. The summed E-state index contributed by atoms with van der Waals surface area (Å²) in [4.78, 5) is 28.1. The standard InChI is InChI=1S/C29H29NO5/c1-5-35-24-8-6-7-21(17-24)26-25(27(31)20-11-15-23(34-4)16-12-20)28(32)29(33)30(26)22-13-9-19(10-14-22)18(2)3/h6-18,26,31H,5H2,1-4H3/b27-25-. The first-order valence-electron chi connectivity index (χ1n) is 11.6. The van der Waals surface area contributed by atoms with Crippen molar-refractivity contribution in [3.63, 3.8) is 0 Å². The van der Waals surface area contributed by atoms with E-state index in [1.165, 1.54) is 4.90 Å². The van der Waals surface area contributed by atoms with Gasteiger partial charge in [0, 0.05) is 11.3 Å². The van der Waals surface area contributed by atoms with Gasteiger partial charge in [0.25, 0.3) is 11.7 Å². The predicted octanol–water partition coefficient (Wildman–Crippen LogP) is 5.84. The van der Waals surface area contributed by atoms with Crippen LogP contribution in [0.1, 0.15) is 49.4 Å². The highest BCUT2D eigenvalue weighted by Crippen LogP contribution is 2.43. The molecule has 3 aromatic rings. The number of benzene rings is 3. The van der Waals surface area contributed by atoms with Gasteiger partial charge >= 0.3 is 0 Å². The third-order valence-corrected chi connectivity index (χ3v) is 6.13. The number of aliphatic hydroxyl groups excluding tert-OH is 1. The Hall–Kier alpha value is -4.06. The van der Waals surface area contributed by atoms with Crippen molar-refractivity contribution in [1.29, 1.82) is 0 Å². The fourth-order valence-electron chi connectivity index (χ4n) is 4.28. The highest BCUT2D eigenvalue weighted by Gasteiger charge is 2.47. The molecule has 0 aromatic heterocycles. The van der Waals surface area contributed by atoms with Crippen molar-refractivity contribution < 1.29 is 24.2 Å². The summed E-state index contributed by atoms with van der Waals surface area (Å²) >= 11 is 0. The van der Waals surface area contributed by atoms with E-state index in [0.29, 0.717) is 40.8 Å². The second-order valence-electron chi connectivity index (χ2n) is 8.65. The SMILES string of the molecule is CCOc1cccc(C2/C(=C(/O)c3ccc(OC)cc3)C(=O)C(=O)N2c2ccc(C(C)C)cc2)c1. The number of rotatable bonds is 7. The van der Waals surface area contributed by atoms with Crippen LogP contribution < -0.4 is 14.4 Å². The third-order valence-electron chi connectivity index (χ3n) is 6.13. The molecule has 1 amide bonds. The van der Waals surface area contributed by atoms with Gasteiger partial charge in [-0.1, -0.05) is 38.1 Å². The number of hydrogen-bond donors (Lipinski definition) is 1. The summed E-state index contributed by atoms with van der Waals surface area (Å²) in [5.74, 6) is -0.0991. The first-order chi connectivity index (χ1) is 16.8. The lowest BCUT2D eigenvalue weighted by atomic mass is 9.94. The summed E-state index contributed by atoms with van der Waals surface area (Å²) in [6.07, 6.45) is 0. The number of anilines is 1. The van der Waals surface area contributed by atoms with Crippen LogP contribution >= 0.6 is 0 Å². The van der Waals surface area contributed by atoms with Crippen LogP contribution in [0.25, 0.3) is 5.76 Å². The lowest BCUT2D eigenvalue weighted by Crippen LogP contribution is -2.29. The Balaban J connectivity index is 1.89. The highest BCUT2D eigenvalue weighted by atomic mass is 16.5. The Morgan fingerprint density at radius 1 is 0.971 bits per heavy atom. The number of Topliss-reactive ketones (excluding diaryl/α,β-unsaturated/α-hetero) is 1. The molecule has 0 bridgehead atoms. The average Bonchev–Trinajstić information content (AvgIpc) is 3.14. The van der Waals surface area contributed by atoms with Crippen molar-refractivity contribution >= 4 is 23.1 Å². The normalized spacial score (nSPS) is 17.2. The molecule has 6 heteroatoms. The molecule has 6 nitrogen and oxygen atoms in total. The Labute approximate surface area is 205 Å². The lowest BCUT2D eigenvalue weighted by Gasteiger charge is -2.26. The molecule has 0 radical (unpaired) electrons. The Morgan fingerprint density at radius 3 is 2.26 bits per heavy atom. The molecule has 1 aliphatic heterocycles. The van der Waals surface area contributed by atoms with E-state index < -0.39 is 17.7 Å². The van der Waals surface area contributed by atoms with Gasteiger partial charge in [-0.05, 0) is 72.5 Å². The van der Waals surface area contributed by atoms with Crippen LogP contribution in [-0.2, 0) is 9.59 Å². The maximum Gasteiger partial charge on any atom is 0.300 e. The molecule has 1 saturated heterocycles. The van der Waals surface area contributed by atoms with Gasteiger partial charge in [0.15, 0.2) is 0 Å². The molecule has 1 unspecified atom stereocenters. The van der Waals surface area contributed by atoms with Crippen LogP contribution in [0.4, 0.5) is 5.69 Å². The molecule has 0 saturated carbocycles. The average molecular weight is 472 g/mol. The number of aliphatic hydroxyl groups is 1. The van der Waals surface area contributed by atoms with Crippen LogP contribution in [0.3, 0.4) is 0 Å². The smallest absolute Gasteiger partial charge is 0.300 e. The Kier molecular flexibility index (Phi) is 6.92. The maximum atomic E-state index is 13.3. The predicted molar refractivity (Wildman–Crippen MR) is 136 cm³/mol. The summed E-state index contributed by atoms with van der Waals surface area (Å²) in [5, 5.41) is 11.3. The van der Waals surface area contributed by atoms with Gasteiger partial charge in [-0.15, -0.1) is 0 Å². The molecule has 35 heavy (non-hydrogen) atoms. The molecule has 180 valence electrons. The van der Waals surface area contributed by atoms with Crippen LogP contribution in [0, 0.1) is 0 Å². The van der Waals surface area contributed by atoms with E-state index in [4.69, 9.17) is 9.47 Å². The van der Waals surface area contributed by atoms with Crippen LogP contribution in [0.5, 0.6) is 11.5 Å². The van der Waals surface area contributed by atoms with Crippen molar-refractivity contribution in [2.75, 3.05) is 18.6 Å². The fraction of sp³-hybridized carbons (Fsp3) is 0.241. The van der Waals surface area contributed by atoms with Crippen molar-refractivity contribution in [2.24, 2.45) is 0 Å². The van der Waals surface area contributed by atoms with Gasteiger partial charge in [0.1, 0.15) is 17.3 Å². The number of ether oxygens (including phenoxy) is 2. The molecule has 0 spiro atoms. The van der Waals surface area contributed by atoms with Crippen LogP contribution in [0.15, 0.2) is 78.4 Å². The van der Waals surface area contributed by atoms with E-state index in [-0.39, 0.29) is 11.3 Å². The molecule has 1 atom stereocenters. The van der Waals surface area contributed by atoms with E-state index >= 15 is 0 Å². The first-order valence-corrected chi connectivity index (χ1v) is 11.6. The Morgan fingerprint density at radius 2 is 1.66 bits per heavy atom. The molecule has 3 aromatic carbocycles. The van der Waals surface area contributed by atoms with Gasteiger partial charge in [-0.2, -0.15) is 0 Å². The van der Waals surface area contributed by atoms with Crippen LogP contribution in [0.2, 0.25) is 0 Å². The topological polar surface area (TPSA) is 76.1 Å². The zero-order valence-electron chi connectivity index (χ0n) is 20.3. The number of carbonyl (C=O) groups excluding carboxylic acids is 2. The largest absolute Gasteiger partial charge is 0.507 e. The Bertz CT molecular complexity index is 1260. The van der Waals surface area contributed by atoms with Crippen molar-refractivity contribution in [3.8, 4) is 11.5 Å². The first kappa shape index (κ1) is 24.1. The lowest BCUT2D eigenvalue weighted by molar-refractivity contribution is -0.132. The summed E-state index contributed by atoms with van der Waals surface area (Å²) in [5.41, 5.74) is 2.82. The molecule has 1 fully saturated rings. The number of hydrogen-bond acceptors (Lipinski definition) is 5. The molecule has 1 N–H and O–H groups in total. The summed E-state index contributed by atoms with van der Waals surface area (Å²) < 4.78 is 10.9. The molecule has 1 aliphatic rings. The second-order valence-corrected chi connectivity index (χ2v) is 8.65. The van der Waals surface area contributed by atoms with Crippen molar-refractivity contribution in [3.05, 3.63) is 95.1 Å². The molecule has 4 rings (SSSR count). The van der Waals surface area contributed by atoms with E-state index in [2.05, 4.69) is 13.8 Å². The molecule has 0 aliphatic carbocycles. The van der Waals surface area contributed by atoms with E-state index in [1.54, 1.807) is 37.4 Å². The van der Waals surface area contributed by atoms with Crippen molar-refractivity contribution in [2.45, 2.75) is 32.7 Å². The van der Waals surface area contributed by atoms with Gasteiger partial charge < -0.3 is 14.6 Å². The fourth-order valence-corrected chi connectivity index (χ4v) is 4.28. The van der Waals surface area contributed by atoms with E-state index in [0.717, 1.165) is 5.56 Å². The molecular weight excluding hydrogens is 442 g/mol. The number of carbonyl (C=O) groups is 2. The minimum atomic E-state index is -0.817. The van der Waals surface area contributed by atoms with E-state index in [9.17, 15) is 14.7 Å². The monoisotopic (exact) mass is 471 g/mol. The quantitative estimate of drug-likeness (QED) is 0.266. The van der Waals surface area contributed by atoms with Gasteiger partial charge in [-0.25, -0.2) is 0 Å². The molecule has 1 heterocycles. The number of methoxy groups -OCH3 is 1. The minimum Gasteiger partial charge on any atom is -0.507 e. The van der Waals surface area contributed by atoms with Crippen LogP contribution in [-0.4, -0.2) is 30.5 Å². The van der Waals surface area contributed by atoms with Gasteiger partial charge in [0.2, 0.25) is 0 Å². The number of nitrogens with zero attached hydrogens (tertiary/aromatic N) is 1. The van der Waals surface area contributed by atoms with Gasteiger partial charge in [0.05, 0.1) is 25.3 Å². The summed E-state index contributed by atoms with van der Waals surface area (Å²) in [6.45, 7) is 6.55. The highest BCUT2D eigenvalue weighted by molar-refractivity contribution is 6.51. The van der Waals surface area contributed by atoms with Gasteiger partial charge in [-0.3, -0.25) is 14.5 Å². The summed E-state index contributed by atoms with van der Waals surface area (Å²) in [6, 6.07) is 20.7. The number of ketones is 1. The van der Waals surface area contributed by atoms with E-state index in [1.807, 2.05) is 49.4 Å². The zero-order valence-corrected chi connectivity index (χ0v) is 20.3.